The Bertz CT molecular complexity index is 421. The smallest absolute Gasteiger partial charge is 0.381 e. The minimum atomic E-state index is -0.567. The Morgan fingerprint density at radius 2 is 2.12 bits per heavy atom. The number of hydrogen-bond donors (Lipinski definition) is 1. The summed E-state index contributed by atoms with van der Waals surface area (Å²) < 4.78 is 4.97. The second-order valence-electron chi connectivity index (χ2n) is 4.54. The van der Waals surface area contributed by atoms with Crippen molar-refractivity contribution in [3.05, 3.63) is 11.1 Å². The van der Waals surface area contributed by atoms with Crippen molar-refractivity contribution in [3.8, 4) is 5.19 Å². The predicted octanol–water partition coefficient (Wildman–Crippen LogP) is 2.62. The molecule has 0 spiro atoms. The number of hydrogen-bond acceptors (Lipinski definition) is 5. The lowest BCUT2D eigenvalue weighted by Gasteiger charge is -2.18. The van der Waals surface area contributed by atoms with Crippen LogP contribution in [0.1, 0.15) is 44.6 Å². The van der Waals surface area contributed by atoms with E-state index >= 15 is 0 Å². The highest BCUT2D eigenvalue weighted by atomic mass is 32.1. The Hall–Kier alpha value is -1.43. The second kappa shape index (κ2) is 5.27. The van der Waals surface area contributed by atoms with Crippen LogP contribution in [-0.4, -0.2) is 22.4 Å². The Morgan fingerprint density at radius 1 is 1.47 bits per heavy atom. The lowest BCUT2D eigenvalue weighted by Crippen LogP contribution is -2.42. The highest BCUT2D eigenvalue weighted by Crippen LogP contribution is 2.19. The molecule has 0 fully saturated rings. The fourth-order valence-corrected chi connectivity index (χ4v) is 1.70. The van der Waals surface area contributed by atoms with Crippen molar-refractivity contribution in [2.75, 3.05) is 0 Å². The Morgan fingerprint density at radius 3 is 2.65 bits per heavy atom. The molecule has 0 aliphatic rings. The van der Waals surface area contributed by atoms with E-state index in [0.29, 0.717) is 12.1 Å². The van der Waals surface area contributed by atoms with E-state index in [0.717, 1.165) is 11.3 Å². The summed E-state index contributed by atoms with van der Waals surface area (Å²) in [4.78, 5) is 26.7. The second-order valence-corrected chi connectivity index (χ2v) is 5.36. The van der Waals surface area contributed by atoms with Crippen LogP contribution in [0.3, 0.4) is 0 Å². The quantitative estimate of drug-likeness (QED) is 0.844. The molecular weight excluding hydrogens is 240 g/mol. The summed E-state index contributed by atoms with van der Waals surface area (Å²) in [5, 5.41) is 4.41. The fourth-order valence-electron chi connectivity index (χ4n) is 1.02. The number of amides is 1. The molecule has 1 heterocycles. The van der Waals surface area contributed by atoms with Gasteiger partial charge in [0.1, 0.15) is 5.69 Å². The molecular formula is C11H16N2O3S. The van der Waals surface area contributed by atoms with E-state index in [1.165, 1.54) is 0 Å². The maximum absolute atomic E-state index is 11.4. The third-order valence-corrected chi connectivity index (χ3v) is 2.46. The van der Waals surface area contributed by atoms with Gasteiger partial charge in [0, 0.05) is 17.3 Å². The zero-order valence-electron chi connectivity index (χ0n) is 10.4. The van der Waals surface area contributed by atoms with E-state index in [1.54, 1.807) is 12.3 Å². The van der Waals surface area contributed by atoms with E-state index in [2.05, 4.69) is 10.3 Å². The van der Waals surface area contributed by atoms with Gasteiger partial charge in [0.15, 0.2) is 5.78 Å². The SMILES string of the molecule is CCC(=O)c1csc(OC(=O)NC(C)(C)C)n1. The summed E-state index contributed by atoms with van der Waals surface area (Å²) in [6.07, 6.45) is -0.181. The summed E-state index contributed by atoms with van der Waals surface area (Å²) in [6.45, 7) is 7.31. The van der Waals surface area contributed by atoms with Crippen LogP contribution in [0, 0.1) is 0 Å². The molecule has 1 rings (SSSR count). The van der Waals surface area contributed by atoms with E-state index in [-0.39, 0.29) is 16.5 Å². The number of ether oxygens (including phenoxy) is 1. The summed E-state index contributed by atoms with van der Waals surface area (Å²) >= 11 is 1.13. The highest BCUT2D eigenvalue weighted by Gasteiger charge is 2.17. The Kier molecular flexibility index (Phi) is 4.22. The molecule has 1 aromatic heterocycles. The van der Waals surface area contributed by atoms with Crippen LogP contribution >= 0.6 is 11.3 Å². The van der Waals surface area contributed by atoms with Gasteiger partial charge in [-0.05, 0) is 20.8 Å². The topological polar surface area (TPSA) is 68.3 Å². The van der Waals surface area contributed by atoms with Crippen molar-refractivity contribution < 1.29 is 14.3 Å². The van der Waals surface area contributed by atoms with Gasteiger partial charge in [-0.1, -0.05) is 18.3 Å². The molecule has 0 atom stereocenters. The Labute approximate surface area is 104 Å². The molecule has 1 amide bonds. The molecule has 6 heteroatoms. The number of rotatable bonds is 3. The number of carbonyl (C=O) groups excluding carboxylic acids is 2. The first kappa shape index (κ1) is 13.6. The molecule has 0 saturated carbocycles. The van der Waals surface area contributed by atoms with E-state index in [4.69, 9.17) is 4.74 Å². The molecule has 0 unspecified atom stereocenters. The lowest BCUT2D eigenvalue weighted by atomic mass is 10.1. The molecule has 0 aliphatic carbocycles. The van der Waals surface area contributed by atoms with E-state index < -0.39 is 6.09 Å². The molecule has 17 heavy (non-hydrogen) atoms. The molecule has 1 aromatic rings. The molecule has 5 nitrogen and oxygen atoms in total. The first-order valence-corrected chi connectivity index (χ1v) is 6.18. The van der Waals surface area contributed by atoms with Crippen molar-refractivity contribution in [2.45, 2.75) is 39.7 Å². The average molecular weight is 256 g/mol. The van der Waals surface area contributed by atoms with Crippen LogP contribution in [0.5, 0.6) is 5.19 Å². The van der Waals surface area contributed by atoms with Crippen molar-refractivity contribution in [1.29, 1.82) is 0 Å². The minimum absolute atomic E-state index is 0.0627. The zero-order valence-corrected chi connectivity index (χ0v) is 11.2. The number of thiazole rings is 1. The number of Topliss-reactive ketones (excluding diaryl/α,β-unsaturated/α-hetero) is 1. The van der Waals surface area contributed by atoms with Crippen LogP contribution in [0.4, 0.5) is 4.79 Å². The Balaban J connectivity index is 2.61. The van der Waals surface area contributed by atoms with Crippen molar-refractivity contribution in [2.24, 2.45) is 0 Å². The van der Waals surface area contributed by atoms with Gasteiger partial charge in [0.25, 0.3) is 5.19 Å². The van der Waals surface area contributed by atoms with Gasteiger partial charge in [-0.2, -0.15) is 4.98 Å². The van der Waals surface area contributed by atoms with Crippen LogP contribution in [0.15, 0.2) is 5.38 Å². The molecule has 0 radical (unpaired) electrons. The van der Waals surface area contributed by atoms with Gasteiger partial charge < -0.3 is 10.1 Å². The normalized spacial score (nSPS) is 11.1. The van der Waals surface area contributed by atoms with Crippen LogP contribution in [-0.2, 0) is 0 Å². The van der Waals surface area contributed by atoms with Gasteiger partial charge in [0.05, 0.1) is 0 Å². The molecule has 0 aromatic carbocycles. The van der Waals surface area contributed by atoms with Crippen molar-refractivity contribution >= 4 is 23.2 Å². The molecule has 0 aliphatic heterocycles. The van der Waals surface area contributed by atoms with E-state index in [1.807, 2.05) is 20.8 Å². The molecule has 0 bridgehead atoms. The number of carbonyl (C=O) groups is 2. The minimum Gasteiger partial charge on any atom is -0.381 e. The summed E-state index contributed by atoms with van der Waals surface area (Å²) in [6, 6.07) is 0. The highest BCUT2D eigenvalue weighted by molar-refractivity contribution is 7.11. The van der Waals surface area contributed by atoms with Crippen molar-refractivity contribution in [3.63, 3.8) is 0 Å². The third-order valence-electron chi connectivity index (χ3n) is 1.75. The summed E-state index contributed by atoms with van der Waals surface area (Å²) in [5.41, 5.74) is -0.0211. The third kappa shape index (κ3) is 4.52. The van der Waals surface area contributed by atoms with Crippen molar-refractivity contribution in [1.82, 2.24) is 10.3 Å². The van der Waals surface area contributed by atoms with E-state index in [9.17, 15) is 9.59 Å². The van der Waals surface area contributed by atoms with Gasteiger partial charge in [-0.25, -0.2) is 4.79 Å². The predicted molar refractivity (Wildman–Crippen MR) is 65.6 cm³/mol. The number of nitrogens with zero attached hydrogens (tertiary/aromatic N) is 1. The van der Waals surface area contributed by atoms with Crippen LogP contribution < -0.4 is 10.1 Å². The first-order valence-electron chi connectivity index (χ1n) is 5.30. The number of nitrogens with one attached hydrogen (secondary N) is 1. The summed E-state index contributed by atoms with van der Waals surface area (Å²) in [7, 11) is 0. The monoisotopic (exact) mass is 256 g/mol. The number of ketones is 1. The fraction of sp³-hybridized carbons (Fsp3) is 0.545. The molecule has 94 valence electrons. The van der Waals surface area contributed by atoms with Crippen LogP contribution in [0.2, 0.25) is 0 Å². The average Bonchev–Trinajstić information content (AvgIpc) is 2.62. The lowest BCUT2D eigenvalue weighted by molar-refractivity contribution is 0.0983. The number of aromatic nitrogens is 1. The van der Waals surface area contributed by atoms with Gasteiger partial charge in [-0.3, -0.25) is 4.79 Å². The zero-order chi connectivity index (χ0) is 13.1. The maximum atomic E-state index is 11.4. The van der Waals surface area contributed by atoms with Gasteiger partial charge in [-0.15, -0.1) is 0 Å². The van der Waals surface area contributed by atoms with Gasteiger partial charge in [0.2, 0.25) is 0 Å². The first-order chi connectivity index (χ1) is 7.81. The summed E-state index contributed by atoms with van der Waals surface area (Å²) in [5.74, 6) is -0.0627. The largest absolute Gasteiger partial charge is 0.414 e. The maximum Gasteiger partial charge on any atom is 0.414 e. The molecule has 0 saturated heterocycles. The van der Waals surface area contributed by atoms with Crippen LogP contribution in [0.25, 0.3) is 0 Å². The standard InChI is InChI=1S/C11H16N2O3S/c1-5-8(14)7-6-17-10(12-7)16-9(15)13-11(2,3)4/h6H,5H2,1-4H3,(H,13,15). The molecule has 1 N–H and O–H groups in total. The van der Waals surface area contributed by atoms with Gasteiger partial charge >= 0.3 is 6.09 Å².